The van der Waals surface area contributed by atoms with Crippen LogP contribution in [0.5, 0.6) is 6.01 Å². The van der Waals surface area contributed by atoms with Crippen molar-refractivity contribution in [2.75, 3.05) is 19.7 Å². The van der Waals surface area contributed by atoms with Gasteiger partial charge in [0.2, 0.25) is 10.0 Å². The van der Waals surface area contributed by atoms with Crippen LogP contribution in [0.15, 0.2) is 35.4 Å². The lowest BCUT2D eigenvalue weighted by molar-refractivity contribution is -0.389. The summed E-state index contributed by atoms with van der Waals surface area (Å²) >= 11 is 0. The van der Waals surface area contributed by atoms with E-state index in [0.29, 0.717) is 0 Å². The number of hydrogen-bond donors (Lipinski definition) is 0. The smallest absolute Gasteiger partial charge is 0.414 e. The predicted octanol–water partition coefficient (Wildman–Crippen LogP) is 1.18. The molecule has 9 nitrogen and oxygen atoms in total. The van der Waals surface area contributed by atoms with Gasteiger partial charge in [0, 0.05) is 24.6 Å². The molecule has 0 radical (unpaired) electrons. The van der Waals surface area contributed by atoms with Crippen LogP contribution in [0.2, 0.25) is 0 Å². The van der Waals surface area contributed by atoms with Crippen molar-refractivity contribution in [3.63, 3.8) is 0 Å². The van der Waals surface area contributed by atoms with Crippen LogP contribution < -0.4 is 4.74 Å². The molecule has 0 saturated carbocycles. The van der Waals surface area contributed by atoms with Crippen molar-refractivity contribution in [2.45, 2.75) is 18.4 Å². The lowest BCUT2D eigenvalue weighted by atomic mass is 10.2. The second-order valence-corrected chi connectivity index (χ2v) is 7.34. The van der Waals surface area contributed by atoms with Gasteiger partial charge in [-0.3, -0.25) is 4.57 Å². The summed E-state index contributed by atoms with van der Waals surface area (Å²) in [5, 5.41) is 10.8. The summed E-state index contributed by atoms with van der Waals surface area (Å²) in [6.07, 6.45) is 1.25. The van der Waals surface area contributed by atoms with E-state index < -0.39 is 14.9 Å². The van der Waals surface area contributed by atoms with Crippen molar-refractivity contribution in [1.29, 1.82) is 0 Å². The molecule has 1 aromatic carbocycles. The maximum absolute atomic E-state index is 12.7. The van der Waals surface area contributed by atoms with Crippen LogP contribution in [0.25, 0.3) is 0 Å². The Bertz CT molecular complexity index is 860. The molecule has 0 saturated heterocycles. The maximum Gasteiger partial charge on any atom is 0.414 e. The fourth-order valence-corrected chi connectivity index (χ4v) is 3.83. The van der Waals surface area contributed by atoms with Crippen molar-refractivity contribution in [1.82, 2.24) is 13.9 Å². The number of hydrogen-bond acceptors (Lipinski definition) is 6. The van der Waals surface area contributed by atoms with Gasteiger partial charge in [-0.1, -0.05) is 17.7 Å². The summed E-state index contributed by atoms with van der Waals surface area (Å²) < 4.78 is 33.6. The van der Waals surface area contributed by atoms with Crippen molar-refractivity contribution in [3.8, 4) is 6.01 Å². The van der Waals surface area contributed by atoms with Gasteiger partial charge in [-0.2, -0.15) is 4.31 Å². The van der Waals surface area contributed by atoms with E-state index >= 15 is 0 Å². The van der Waals surface area contributed by atoms with Gasteiger partial charge in [0.25, 0.3) is 0 Å². The van der Waals surface area contributed by atoms with Gasteiger partial charge in [0.05, 0.1) is 4.90 Å². The van der Waals surface area contributed by atoms with E-state index in [9.17, 15) is 18.5 Å². The Balaban J connectivity index is 1.83. The number of aromatic nitrogens is 2. The molecule has 10 heteroatoms. The summed E-state index contributed by atoms with van der Waals surface area (Å²) in [5.41, 5.74) is 0.973. The summed E-state index contributed by atoms with van der Waals surface area (Å²) in [6.45, 7) is 2.51. The topological polar surface area (TPSA) is 108 Å². The third kappa shape index (κ3) is 3.10. The molecular weight excluding hydrogens is 336 g/mol. The molecule has 0 unspecified atom stereocenters. The standard InChI is InChI=1S/C14H16N4O5S/c1-11-2-4-12(5-3-11)24(21,22)17-7-6-16-10-13(18(19)20)15-14(16)23-9-8-17/h2-5,10H,6-9H2,1H3. The Labute approximate surface area is 138 Å². The van der Waals surface area contributed by atoms with Crippen LogP contribution in [-0.2, 0) is 16.6 Å². The van der Waals surface area contributed by atoms with Crippen LogP contribution in [0.1, 0.15) is 5.56 Å². The number of fused-ring (bicyclic) bond motifs is 1. The first kappa shape index (κ1) is 16.4. The molecule has 2 heterocycles. The van der Waals surface area contributed by atoms with E-state index in [1.165, 1.54) is 15.1 Å². The minimum absolute atomic E-state index is 0.0687. The molecule has 1 aromatic heterocycles. The number of ether oxygens (including phenoxy) is 1. The molecule has 1 aliphatic heterocycles. The predicted molar refractivity (Wildman–Crippen MR) is 84.3 cm³/mol. The largest absolute Gasteiger partial charge is 0.444 e. The van der Waals surface area contributed by atoms with E-state index in [-0.39, 0.29) is 43.0 Å². The van der Waals surface area contributed by atoms with Gasteiger partial charge in [0.1, 0.15) is 12.8 Å². The molecule has 1 aliphatic rings. The van der Waals surface area contributed by atoms with Crippen molar-refractivity contribution in [3.05, 3.63) is 46.1 Å². The molecule has 3 rings (SSSR count). The summed E-state index contributed by atoms with van der Waals surface area (Å²) in [7, 11) is -3.64. The van der Waals surface area contributed by atoms with Gasteiger partial charge in [-0.05, 0) is 24.0 Å². The fourth-order valence-electron chi connectivity index (χ4n) is 2.42. The molecule has 0 bridgehead atoms. The highest BCUT2D eigenvalue weighted by atomic mass is 32.2. The van der Waals surface area contributed by atoms with E-state index in [1.54, 1.807) is 24.3 Å². The van der Waals surface area contributed by atoms with Crippen LogP contribution in [0.4, 0.5) is 5.82 Å². The minimum Gasteiger partial charge on any atom is -0.444 e. The van der Waals surface area contributed by atoms with Crippen molar-refractivity contribution in [2.24, 2.45) is 0 Å². The normalized spacial score (nSPS) is 15.9. The zero-order valence-corrected chi connectivity index (χ0v) is 13.8. The molecule has 0 N–H and O–H groups in total. The zero-order valence-electron chi connectivity index (χ0n) is 13.0. The monoisotopic (exact) mass is 352 g/mol. The third-order valence-electron chi connectivity index (χ3n) is 3.74. The number of nitrogens with zero attached hydrogens (tertiary/aromatic N) is 4. The van der Waals surface area contributed by atoms with Gasteiger partial charge in [-0.25, -0.2) is 8.42 Å². The second kappa shape index (κ2) is 6.21. The minimum atomic E-state index is -3.64. The number of nitro groups is 1. The lowest BCUT2D eigenvalue weighted by Gasteiger charge is -2.24. The van der Waals surface area contributed by atoms with Crippen LogP contribution in [0, 0.1) is 17.0 Å². The summed E-state index contributed by atoms with van der Waals surface area (Å²) in [6, 6.07) is 6.75. The number of aryl methyl sites for hydroxylation is 1. The fraction of sp³-hybridized carbons (Fsp3) is 0.357. The molecule has 0 aliphatic carbocycles. The van der Waals surface area contributed by atoms with Crippen LogP contribution in [0.3, 0.4) is 0 Å². The Hall–Kier alpha value is -2.46. The molecule has 0 atom stereocenters. The molecule has 2 aromatic rings. The average molecular weight is 352 g/mol. The second-order valence-electron chi connectivity index (χ2n) is 5.40. The van der Waals surface area contributed by atoms with E-state index in [1.807, 2.05) is 6.92 Å². The summed E-state index contributed by atoms with van der Waals surface area (Å²) in [5.74, 6) is -0.320. The first-order chi connectivity index (χ1) is 11.4. The van der Waals surface area contributed by atoms with Crippen LogP contribution in [-0.4, -0.2) is 46.9 Å². The average Bonchev–Trinajstić information content (AvgIpc) is 2.90. The highest BCUT2D eigenvalue weighted by molar-refractivity contribution is 7.89. The van der Waals surface area contributed by atoms with Gasteiger partial charge >= 0.3 is 11.8 Å². The van der Waals surface area contributed by atoms with E-state index in [4.69, 9.17) is 4.74 Å². The quantitative estimate of drug-likeness (QED) is 0.606. The Morgan fingerprint density at radius 2 is 1.92 bits per heavy atom. The summed E-state index contributed by atoms with van der Waals surface area (Å²) in [4.78, 5) is 14.2. The van der Waals surface area contributed by atoms with Crippen molar-refractivity contribution < 1.29 is 18.1 Å². The van der Waals surface area contributed by atoms with E-state index in [0.717, 1.165) is 5.56 Å². The first-order valence-electron chi connectivity index (χ1n) is 7.29. The third-order valence-corrected chi connectivity index (χ3v) is 5.65. The first-order valence-corrected chi connectivity index (χ1v) is 8.73. The van der Waals surface area contributed by atoms with Gasteiger partial charge in [0.15, 0.2) is 0 Å². The number of rotatable bonds is 3. The number of imidazole rings is 1. The van der Waals surface area contributed by atoms with Crippen molar-refractivity contribution >= 4 is 15.8 Å². The van der Waals surface area contributed by atoms with Gasteiger partial charge in [-0.15, -0.1) is 0 Å². The molecule has 0 amide bonds. The Morgan fingerprint density at radius 1 is 1.21 bits per heavy atom. The lowest BCUT2D eigenvalue weighted by Crippen LogP contribution is -2.38. The van der Waals surface area contributed by atoms with Gasteiger partial charge < -0.3 is 14.9 Å². The maximum atomic E-state index is 12.7. The number of benzene rings is 1. The molecular formula is C14H16N4O5S. The molecule has 0 fully saturated rings. The molecule has 128 valence electrons. The molecule has 24 heavy (non-hydrogen) atoms. The highest BCUT2D eigenvalue weighted by Crippen LogP contribution is 2.21. The van der Waals surface area contributed by atoms with Crippen LogP contribution >= 0.6 is 0 Å². The molecule has 0 spiro atoms. The zero-order chi connectivity index (χ0) is 17.3. The Kier molecular flexibility index (Phi) is 4.24. The van der Waals surface area contributed by atoms with E-state index in [2.05, 4.69) is 4.98 Å². The number of sulfonamides is 1. The Morgan fingerprint density at radius 3 is 2.58 bits per heavy atom. The highest BCUT2D eigenvalue weighted by Gasteiger charge is 2.28. The SMILES string of the molecule is Cc1ccc(S(=O)(=O)N2CCOc3nc([N+](=O)[O-])cn3CC2)cc1.